The maximum absolute atomic E-state index is 11.8. The first kappa shape index (κ1) is 23.6. The minimum Gasteiger partial charge on any atom is -0.353 e. The van der Waals surface area contributed by atoms with E-state index in [2.05, 4.69) is 35.8 Å². The third-order valence-corrected chi connectivity index (χ3v) is 7.51. The standard InChI is InChI=1S/C24H20BrClN6O2S/c1-13-10-17(14(2)32(13)20-9-4-3-8-19(20)26)23-30-22-21(18(25)12-28-24(22)31-23)29-15-6-5-7-16(11-15)35(27,33)34/h3-12H,1-2H3,(H2,27,33,34)(H2,28,29,30,31). The number of halogens is 2. The van der Waals surface area contributed by atoms with E-state index >= 15 is 0 Å². The van der Waals surface area contributed by atoms with Crippen LogP contribution in [-0.4, -0.2) is 27.9 Å². The van der Waals surface area contributed by atoms with Gasteiger partial charge in [0.25, 0.3) is 0 Å². The van der Waals surface area contributed by atoms with Gasteiger partial charge in [-0.1, -0.05) is 29.8 Å². The first-order valence-corrected chi connectivity index (χ1v) is 13.2. The van der Waals surface area contributed by atoms with Gasteiger partial charge in [-0.15, -0.1) is 0 Å². The van der Waals surface area contributed by atoms with Crippen molar-refractivity contribution in [1.29, 1.82) is 0 Å². The Labute approximate surface area is 215 Å². The Morgan fingerprint density at radius 1 is 1.11 bits per heavy atom. The number of H-pyrrole nitrogens is 1. The van der Waals surface area contributed by atoms with Crippen LogP contribution >= 0.6 is 27.5 Å². The number of primary sulfonamides is 1. The molecule has 0 bridgehead atoms. The molecule has 0 aliphatic heterocycles. The highest BCUT2D eigenvalue weighted by atomic mass is 79.9. The number of sulfonamides is 1. The molecule has 0 saturated carbocycles. The fourth-order valence-electron chi connectivity index (χ4n) is 4.08. The number of imidazole rings is 1. The van der Waals surface area contributed by atoms with Crippen LogP contribution in [0.3, 0.4) is 0 Å². The van der Waals surface area contributed by atoms with Gasteiger partial charge < -0.3 is 14.9 Å². The number of anilines is 2. The Morgan fingerprint density at radius 2 is 1.89 bits per heavy atom. The second kappa shape index (κ2) is 8.80. The molecule has 0 amide bonds. The van der Waals surface area contributed by atoms with Gasteiger partial charge >= 0.3 is 0 Å². The second-order valence-electron chi connectivity index (χ2n) is 8.03. The van der Waals surface area contributed by atoms with E-state index in [0.29, 0.717) is 37.9 Å². The summed E-state index contributed by atoms with van der Waals surface area (Å²) >= 11 is 9.99. The zero-order chi connectivity index (χ0) is 24.9. The first-order chi connectivity index (χ1) is 16.6. The average molecular weight is 572 g/mol. The highest BCUT2D eigenvalue weighted by Gasteiger charge is 2.19. The van der Waals surface area contributed by atoms with Crippen molar-refractivity contribution in [3.05, 3.63) is 81.7 Å². The molecular weight excluding hydrogens is 552 g/mol. The summed E-state index contributed by atoms with van der Waals surface area (Å²) in [5, 5.41) is 9.19. The summed E-state index contributed by atoms with van der Waals surface area (Å²) in [6, 6.07) is 16.0. The zero-order valence-electron chi connectivity index (χ0n) is 18.7. The summed E-state index contributed by atoms with van der Waals surface area (Å²) in [6.07, 6.45) is 1.66. The van der Waals surface area contributed by atoms with Crippen LogP contribution in [0.25, 0.3) is 28.2 Å². The van der Waals surface area contributed by atoms with Crippen LogP contribution in [0.4, 0.5) is 11.4 Å². The molecule has 0 fully saturated rings. The van der Waals surface area contributed by atoms with Crippen molar-refractivity contribution in [2.24, 2.45) is 5.14 Å². The molecule has 0 unspecified atom stereocenters. The fraction of sp³-hybridized carbons (Fsp3) is 0.0833. The number of benzene rings is 2. The van der Waals surface area contributed by atoms with Gasteiger partial charge in [0.15, 0.2) is 5.65 Å². The van der Waals surface area contributed by atoms with E-state index < -0.39 is 10.0 Å². The largest absolute Gasteiger partial charge is 0.353 e. The number of hydrogen-bond acceptors (Lipinski definition) is 5. The fourth-order valence-corrected chi connectivity index (χ4v) is 5.25. The van der Waals surface area contributed by atoms with E-state index in [1.807, 2.05) is 44.2 Å². The van der Waals surface area contributed by atoms with Crippen molar-refractivity contribution in [3.8, 4) is 17.1 Å². The molecule has 0 saturated heterocycles. The lowest BCUT2D eigenvalue weighted by Gasteiger charge is -2.11. The van der Waals surface area contributed by atoms with E-state index in [1.54, 1.807) is 18.3 Å². The van der Waals surface area contributed by atoms with Crippen molar-refractivity contribution in [2.75, 3.05) is 5.32 Å². The van der Waals surface area contributed by atoms with Crippen molar-refractivity contribution in [1.82, 2.24) is 19.5 Å². The summed E-state index contributed by atoms with van der Waals surface area (Å²) in [5.41, 5.74) is 6.16. The van der Waals surface area contributed by atoms with Crippen LogP contribution in [0.1, 0.15) is 11.4 Å². The van der Waals surface area contributed by atoms with E-state index in [0.717, 1.165) is 22.6 Å². The predicted octanol–water partition coefficient (Wildman–Crippen LogP) is 5.84. The smallest absolute Gasteiger partial charge is 0.238 e. The van der Waals surface area contributed by atoms with Gasteiger partial charge in [0, 0.05) is 28.8 Å². The molecule has 5 rings (SSSR count). The predicted molar refractivity (Wildman–Crippen MR) is 142 cm³/mol. The van der Waals surface area contributed by atoms with E-state index in [4.69, 9.17) is 21.7 Å². The van der Waals surface area contributed by atoms with Crippen molar-refractivity contribution < 1.29 is 8.42 Å². The third-order valence-electron chi connectivity index (χ3n) is 5.68. The summed E-state index contributed by atoms with van der Waals surface area (Å²) < 4.78 is 26.3. The number of rotatable bonds is 5. The zero-order valence-corrected chi connectivity index (χ0v) is 21.8. The SMILES string of the molecule is Cc1cc(-c2nc3c(Nc4cccc(S(N)(=O)=O)c4)c(Br)cnc3[nH]2)c(C)n1-c1ccccc1Cl. The molecule has 3 heterocycles. The lowest BCUT2D eigenvalue weighted by Crippen LogP contribution is -2.12. The number of nitrogens with one attached hydrogen (secondary N) is 2. The molecular formula is C24H20BrClN6O2S. The molecule has 0 radical (unpaired) electrons. The Bertz CT molecular complexity index is 1710. The molecule has 4 N–H and O–H groups in total. The van der Waals surface area contributed by atoms with Gasteiger partial charge in [-0.3, -0.25) is 0 Å². The van der Waals surface area contributed by atoms with E-state index in [9.17, 15) is 8.42 Å². The molecule has 5 aromatic rings. The number of hydrogen-bond donors (Lipinski definition) is 3. The lowest BCUT2D eigenvalue weighted by atomic mass is 10.2. The van der Waals surface area contributed by atoms with Crippen molar-refractivity contribution in [2.45, 2.75) is 18.7 Å². The van der Waals surface area contributed by atoms with Crippen LogP contribution in [0.2, 0.25) is 5.02 Å². The van der Waals surface area contributed by atoms with Gasteiger partial charge in [0.1, 0.15) is 11.3 Å². The van der Waals surface area contributed by atoms with Gasteiger partial charge in [-0.2, -0.15) is 0 Å². The lowest BCUT2D eigenvalue weighted by molar-refractivity contribution is 0.598. The number of pyridine rings is 1. The van der Waals surface area contributed by atoms with Gasteiger partial charge in [-0.05, 0) is 66.2 Å². The molecule has 0 aliphatic carbocycles. The normalized spacial score (nSPS) is 11.8. The van der Waals surface area contributed by atoms with Crippen molar-refractivity contribution >= 4 is 60.1 Å². The highest BCUT2D eigenvalue weighted by Crippen LogP contribution is 2.35. The number of aromatic amines is 1. The Hall–Kier alpha value is -3.18. The minimum atomic E-state index is -3.83. The van der Waals surface area contributed by atoms with Crippen molar-refractivity contribution in [3.63, 3.8) is 0 Å². The maximum Gasteiger partial charge on any atom is 0.238 e. The first-order valence-electron chi connectivity index (χ1n) is 10.5. The van der Waals surface area contributed by atoms with Crippen LogP contribution in [0.15, 0.2) is 70.2 Å². The van der Waals surface area contributed by atoms with Crippen LogP contribution in [-0.2, 0) is 10.0 Å². The quantitative estimate of drug-likeness (QED) is 0.245. The summed E-state index contributed by atoms with van der Waals surface area (Å²) in [6.45, 7) is 4.03. The van der Waals surface area contributed by atoms with E-state index in [1.165, 1.54) is 12.1 Å². The minimum absolute atomic E-state index is 0.0126. The molecule has 2 aromatic carbocycles. The third kappa shape index (κ3) is 4.34. The molecule has 3 aromatic heterocycles. The summed E-state index contributed by atoms with van der Waals surface area (Å²) in [4.78, 5) is 12.6. The number of nitrogens with two attached hydrogens (primary N) is 1. The number of aromatic nitrogens is 4. The van der Waals surface area contributed by atoms with Crippen LogP contribution < -0.4 is 10.5 Å². The maximum atomic E-state index is 11.8. The Morgan fingerprint density at radius 3 is 2.63 bits per heavy atom. The van der Waals surface area contributed by atoms with Crippen LogP contribution in [0.5, 0.6) is 0 Å². The topological polar surface area (TPSA) is 119 Å². The number of nitrogens with zero attached hydrogens (tertiary/aromatic N) is 3. The van der Waals surface area contributed by atoms with E-state index in [-0.39, 0.29) is 4.90 Å². The number of aryl methyl sites for hydroxylation is 1. The van der Waals surface area contributed by atoms with Gasteiger partial charge in [-0.25, -0.2) is 23.5 Å². The molecule has 0 spiro atoms. The summed E-state index contributed by atoms with van der Waals surface area (Å²) in [5.74, 6) is 0.651. The average Bonchev–Trinajstić information content (AvgIpc) is 3.36. The van der Waals surface area contributed by atoms with Crippen LogP contribution in [0, 0.1) is 13.8 Å². The second-order valence-corrected chi connectivity index (χ2v) is 10.9. The molecule has 11 heteroatoms. The molecule has 8 nitrogen and oxygen atoms in total. The van der Waals surface area contributed by atoms with Gasteiger partial charge in [0.2, 0.25) is 10.0 Å². The number of para-hydroxylation sites is 1. The summed E-state index contributed by atoms with van der Waals surface area (Å²) in [7, 11) is -3.83. The Kier molecular flexibility index (Phi) is 5.92. The molecule has 178 valence electrons. The molecule has 0 aliphatic rings. The Balaban J connectivity index is 1.60. The number of fused-ring (bicyclic) bond motifs is 1. The molecule has 35 heavy (non-hydrogen) atoms. The molecule has 0 atom stereocenters. The highest BCUT2D eigenvalue weighted by molar-refractivity contribution is 9.10. The monoisotopic (exact) mass is 570 g/mol. The van der Waals surface area contributed by atoms with Gasteiger partial charge in [0.05, 0.1) is 25.8 Å².